The molecule has 0 aliphatic heterocycles. The van der Waals surface area contributed by atoms with E-state index in [1.165, 1.54) is 4.88 Å². The predicted molar refractivity (Wildman–Crippen MR) is 69.2 cm³/mol. The molecular weight excluding hydrogens is 250 g/mol. The Bertz CT molecular complexity index is 327. The van der Waals surface area contributed by atoms with E-state index in [1.54, 1.807) is 17.6 Å². The molecule has 5 heteroatoms. The van der Waals surface area contributed by atoms with Crippen molar-refractivity contribution in [2.45, 2.75) is 25.1 Å². The number of halogens is 1. The molecule has 0 aliphatic carbocycles. The van der Waals surface area contributed by atoms with Crippen LogP contribution in [0.4, 0.5) is 0 Å². The quantitative estimate of drug-likeness (QED) is 0.802. The monoisotopic (exact) mass is 265 g/mol. The van der Waals surface area contributed by atoms with Crippen LogP contribution < -0.4 is 5.32 Å². The molecule has 1 N–H and O–H groups in total. The first kappa shape index (κ1) is 13.2. The van der Waals surface area contributed by atoms with Crippen molar-refractivity contribution in [3.8, 4) is 0 Å². The van der Waals surface area contributed by atoms with Crippen LogP contribution in [0.25, 0.3) is 0 Å². The third-order valence-corrected chi connectivity index (χ3v) is 4.87. The minimum absolute atomic E-state index is 0.268. The lowest BCUT2D eigenvalue weighted by molar-refractivity contribution is 0.632. The van der Waals surface area contributed by atoms with E-state index in [2.05, 4.69) is 5.32 Å². The van der Waals surface area contributed by atoms with Gasteiger partial charge in [0.25, 0.3) is 0 Å². The van der Waals surface area contributed by atoms with Gasteiger partial charge < -0.3 is 5.32 Å². The molecule has 0 aromatic carbocycles. The fourth-order valence-corrected chi connectivity index (χ4v) is 2.62. The highest BCUT2D eigenvalue weighted by Crippen LogP contribution is 2.18. The normalized spacial score (nSPS) is 15.1. The maximum atomic E-state index is 11.1. The summed E-state index contributed by atoms with van der Waals surface area (Å²) >= 11 is 7.47. The maximum Gasteiger partial charge on any atom is 0.0516 e. The van der Waals surface area contributed by atoms with Gasteiger partial charge in [0.15, 0.2) is 0 Å². The first-order valence-electron chi connectivity index (χ1n) is 4.85. The van der Waals surface area contributed by atoms with E-state index in [0.29, 0.717) is 0 Å². The van der Waals surface area contributed by atoms with Crippen LogP contribution in [0.15, 0.2) is 11.4 Å². The predicted octanol–water partition coefficient (Wildman–Crippen LogP) is 2.65. The summed E-state index contributed by atoms with van der Waals surface area (Å²) in [6.45, 7) is 3.76. The Hall–Kier alpha value is 0.1000. The van der Waals surface area contributed by atoms with Crippen LogP contribution in [0.5, 0.6) is 0 Å². The number of nitrogens with one attached hydrogen (secondary N) is 1. The zero-order chi connectivity index (χ0) is 11.3. The molecule has 0 radical (unpaired) electrons. The van der Waals surface area contributed by atoms with Gasteiger partial charge in [-0.2, -0.15) is 0 Å². The van der Waals surface area contributed by atoms with Gasteiger partial charge in [0, 0.05) is 39.1 Å². The van der Waals surface area contributed by atoms with Gasteiger partial charge in [-0.15, -0.1) is 11.3 Å². The minimum atomic E-state index is -0.713. The van der Waals surface area contributed by atoms with Gasteiger partial charge in [-0.25, -0.2) is 0 Å². The summed E-state index contributed by atoms with van der Waals surface area (Å²) in [5, 5.41) is 6.32. The third kappa shape index (κ3) is 5.11. The lowest BCUT2D eigenvalue weighted by Gasteiger charge is -2.08. The Labute approximate surface area is 102 Å². The fourth-order valence-electron chi connectivity index (χ4n) is 1.13. The molecule has 15 heavy (non-hydrogen) atoms. The van der Waals surface area contributed by atoms with Crippen LogP contribution in [0, 0.1) is 0 Å². The average molecular weight is 266 g/mol. The molecular formula is C10H16ClNOS2. The van der Waals surface area contributed by atoms with Gasteiger partial charge >= 0.3 is 0 Å². The van der Waals surface area contributed by atoms with Crippen LogP contribution in [0.2, 0.25) is 5.02 Å². The van der Waals surface area contributed by atoms with Crippen LogP contribution in [-0.2, 0) is 17.3 Å². The molecule has 86 valence electrons. The van der Waals surface area contributed by atoms with Crippen molar-refractivity contribution in [1.29, 1.82) is 0 Å². The third-order valence-electron chi connectivity index (χ3n) is 2.22. The van der Waals surface area contributed by atoms with Crippen molar-refractivity contribution >= 4 is 33.7 Å². The molecule has 1 rings (SSSR count). The van der Waals surface area contributed by atoms with Gasteiger partial charge in [0.2, 0.25) is 0 Å². The Kier molecular flexibility index (Phi) is 5.82. The number of hydrogen-bond donors (Lipinski definition) is 1. The van der Waals surface area contributed by atoms with Crippen LogP contribution in [0.3, 0.4) is 0 Å². The second-order valence-corrected chi connectivity index (χ2v) is 6.74. The SMILES string of the molecule is CC(CCNCc1cc(Cl)cs1)S(C)=O. The van der Waals surface area contributed by atoms with Crippen LogP contribution in [-0.4, -0.2) is 22.3 Å². The summed E-state index contributed by atoms with van der Waals surface area (Å²) in [7, 11) is -0.713. The summed E-state index contributed by atoms with van der Waals surface area (Å²) in [5.41, 5.74) is 0. The van der Waals surface area contributed by atoms with E-state index in [9.17, 15) is 4.21 Å². The van der Waals surface area contributed by atoms with Gasteiger partial charge in [0.05, 0.1) is 5.02 Å². The largest absolute Gasteiger partial charge is 0.312 e. The highest BCUT2D eigenvalue weighted by Gasteiger charge is 2.05. The van der Waals surface area contributed by atoms with E-state index in [4.69, 9.17) is 11.6 Å². The maximum absolute atomic E-state index is 11.1. The fraction of sp³-hybridized carbons (Fsp3) is 0.600. The van der Waals surface area contributed by atoms with E-state index in [-0.39, 0.29) is 5.25 Å². The summed E-state index contributed by atoms with van der Waals surface area (Å²) < 4.78 is 11.1. The van der Waals surface area contributed by atoms with Gasteiger partial charge in [-0.3, -0.25) is 4.21 Å². The standard InChI is InChI=1S/C10H16ClNOS2/c1-8(15(2)13)3-4-12-6-10-5-9(11)7-14-10/h5,7-8,12H,3-4,6H2,1-2H3. The number of rotatable bonds is 6. The van der Waals surface area contributed by atoms with Crippen molar-refractivity contribution in [3.63, 3.8) is 0 Å². The van der Waals surface area contributed by atoms with Gasteiger partial charge in [-0.05, 0) is 19.0 Å². The van der Waals surface area contributed by atoms with E-state index in [1.807, 2.05) is 18.4 Å². The van der Waals surface area contributed by atoms with Crippen LogP contribution >= 0.6 is 22.9 Å². The van der Waals surface area contributed by atoms with Crippen molar-refractivity contribution in [1.82, 2.24) is 5.32 Å². The lowest BCUT2D eigenvalue weighted by atomic mass is 10.3. The minimum Gasteiger partial charge on any atom is -0.312 e. The van der Waals surface area contributed by atoms with Gasteiger partial charge in [-0.1, -0.05) is 18.5 Å². The molecule has 2 nitrogen and oxygen atoms in total. The molecule has 1 aromatic heterocycles. The van der Waals surface area contributed by atoms with Crippen molar-refractivity contribution in [2.24, 2.45) is 0 Å². The first-order chi connectivity index (χ1) is 7.09. The Morgan fingerprint density at radius 2 is 2.40 bits per heavy atom. The molecule has 2 atom stereocenters. The highest BCUT2D eigenvalue weighted by atomic mass is 35.5. The topological polar surface area (TPSA) is 29.1 Å². The highest BCUT2D eigenvalue weighted by molar-refractivity contribution is 7.84. The molecule has 0 bridgehead atoms. The molecule has 1 aromatic rings. The Morgan fingerprint density at radius 3 is 2.93 bits per heavy atom. The van der Waals surface area contributed by atoms with E-state index < -0.39 is 10.8 Å². The number of hydrogen-bond acceptors (Lipinski definition) is 3. The summed E-state index contributed by atoms with van der Waals surface area (Å²) in [6, 6.07) is 1.97. The molecule has 0 fully saturated rings. The average Bonchev–Trinajstić information content (AvgIpc) is 2.58. The summed E-state index contributed by atoms with van der Waals surface area (Å²) in [6.07, 6.45) is 2.70. The van der Waals surface area contributed by atoms with E-state index >= 15 is 0 Å². The molecule has 0 aliphatic rings. The summed E-state index contributed by atoms with van der Waals surface area (Å²) in [4.78, 5) is 1.24. The molecule has 0 saturated heterocycles. The smallest absolute Gasteiger partial charge is 0.0516 e. The van der Waals surface area contributed by atoms with Crippen molar-refractivity contribution in [2.75, 3.05) is 12.8 Å². The van der Waals surface area contributed by atoms with Crippen molar-refractivity contribution < 1.29 is 4.21 Å². The molecule has 2 unspecified atom stereocenters. The first-order valence-corrected chi connectivity index (χ1v) is 7.73. The zero-order valence-electron chi connectivity index (χ0n) is 8.96. The number of thiophene rings is 1. The van der Waals surface area contributed by atoms with Gasteiger partial charge in [0.1, 0.15) is 0 Å². The lowest BCUT2D eigenvalue weighted by Crippen LogP contribution is -2.20. The zero-order valence-corrected chi connectivity index (χ0v) is 11.3. The molecule has 1 heterocycles. The second-order valence-electron chi connectivity index (χ2n) is 3.51. The molecule has 0 amide bonds. The molecule has 0 saturated carbocycles. The second kappa shape index (κ2) is 6.63. The Balaban J connectivity index is 2.14. The van der Waals surface area contributed by atoms with Crippen LogP contribution in [0.1, 0.15) is 18.2 Å². The van der Waals surface area contributed by atoms with Crippen molar-refractivity contribution in [3.05, 3.63) is 21.3 Å². The van der Waals surface area contributed by atoms with E-state index in [0.717, 1.165) is 24.5 Å². The summed E-state index contributed by atoms with van der Waals surface area (Å²) in [5.74, 6) is 0. The molecule has 0 spiro atoms. The Morgan fingerprint density at radius 1 is 1.67 bits per heavy atom.